The van der Waals surface area contributed by atoms with E-state index >= 15 is 0 Å². The summed E-state index contributed by atoms with van der Waals surface area (Å²) in [6, 6.07) is 0.227. The summed E-state index contributed by atoms with van der Waals surface area (Å²) in [5.41, 5.74) is 0. The highest BCUT2D eigenvalue weighted by Gasteiger charge is 2.31. The number of nitrogens with zero attached hydrogens (tertiary/aromatic N) is 4. The molecule has 1 atom stereocenters. The highest BCUT2D eigenvalue weighted by molar-refractivity contribution is 5.00. The van der Waals surface area contributed by atoms with Crippen molar-refractivity contribution in [2.24, 2.45) is 0 Å². The monoisotopic (exact) mass is 261 g/mol. The number of hydrogen-bond donors (Lipinski definition) is 1. The molecule has 6 heteroatoms. The Hall–Kier alpha value is -1.69. The van der Waals surface area contributed by atoms with E-state index in [1.165, 1.54) is 0 Å². The molecule has 1 aliphatic heterocycles. The van der Waals surface area contributed by atoms with E-state index in [4.69, 9.17) is 4.52 Å². The van der Waals surface area contributed by atoms with Crippen molar-refractivity contribution in [3.8, 4) is 0 Å². The van der Waals surface area contributed by atoms with Gasteiger partial charge in [-0.2, -0.15) is 4.98 Å². The fraction of sp³-hybridized carbons (Fsp3) is 0.615. The number of aromatic nitrogens is 4. The minimum absolute atomic E-state index is 0.227. The van der Waals surface area contributed by atoms with Gasteiger partial charge in [0.25, 0.3) is 0 Å². The zero-order valence-corrected chi connectivity index (χ0v) is 11.3. The first-order valence-corrected chi connectivity index (χ1v) is 6.80. The molecule has 3 heterocycles. The number of aromatic amines is 1. The maximum Gasteiger partial charge on any atom is 0.244 e. The van der Waals surface area contributed by atoms with E-state index in [0.29, 0.717) is 5.92 Å². The molecule has 0 saturated carbocycles. The van der Waals surface area contributed by atoms with Crippen LogP contribution in [0.1, 0.15) is 56.2 Å². The van der Waals surface area contributed by atoms with Crippen LogP contribution < -0.4 is 0 Å². The van der Waals surface area contributed by atoms with E-state index < -0.39 is 0 Å². The standard InChI is InChI=1S/C13H19N5O/c1-9(2)12-16-13(19-17-12)10-4-3-7-18(10)8-11-14-5-6-15-11/h5-6,9-10H,3-4,7-8H2,1-2H3,(H,14,15)/t10-/m0/s1. The lowest BCUT2D eigenvalue weighted by molar-refractivity contribution is 0.197. The van der Waals surface area contributed by atoms with Crippen LogP contribution in [0.2, 0.25) is 0 Å². The van der Waals surface area contributed by atoms with Crippen LogP contribution in [0, 0.1) is 0 Å². The molecule has 1 saturated heterocycles. The summed E-state index contributed by atoms with van der Waals surface area (Å²) in [6.45, 7) is 6.00. The van der Waals surface area contributed by atoms with Gasteiger partial charge in [0.2, 0.25) is 5.89 Å². The second-order valence-corrected chi connectivity index (χ2v) is 5.31. The van der Waals surface area contributed by atoms with Gasteiger partial charge < -0.3 is 9.51 Å². The molecule has 0 unspecified atom stereocenters. The maximum atomic E-state index is 5.43. The van der Waals surface area contributed by atoms with Gasteiger partial charge in [-0.05, 0) is 19.4 Å². The van der Waals surface area contributed by atoms with Gasteiger partial charge in [-0.3, -0.25) is 4.90 Å². The van der Waals surface area contributed by atoms with Crippen molar-refractivity contribution in [3.63, 3.8) is 0 Å². The summed E-state index contributed by atoms with van der Waals surface area (Å²) in [7, 11) is 0. The minimum Gasteiger partial charge on any atom is -0.348 e. The van der Waals surface area contributed by atoms with Crippen LogP contribution in [0.3, 0.4) is 0 Å². The van der Waals surface area contributed by atoms with Crippen molar-refractivity contribution in [1.29, 1.82) is 0 Å². The smallest absolute Gasteiger partial charge is 0.244 e. The summed E-state index contributed by atoms with van der Waals surface area (Å²) in [4.78, 5) is 14.3. The van der Waals surface area contributed by atoms with Crippen molar-refractivity contribution in [2.45, 2.75) is 45.2 Å². The maximum absolute atomic E-state index is 5.43. The summed E-state index contributed by atoms with van der Waals surface area (Å²) < 4.78 is 5.43. The van der Waals surface area contributed by atoms with Gasteiger partial charge in [-0.15, -0.1) is 0 Å². The summed E-state index contributed by atoms with van der Waals surface area (Å²) >= 11 is 0. The average Bonchev–Trinajstić information content (AvgIpc) is 3.09. The van der Waals surface area contributed by atoms with Crippen molar-refractivity contribution < 1.29 is 4.52 Å². The van der Waals surface area contributed by atoms with E-state index in [1.54, 1.807) is 6.20 Å². The van der Waals surface area contributed by atoms with Gasteiger partial charge in [0, 0.05) is 18.3 Å². The van der Waals surface area contributed by atoms with Crippen LogP contribution in [-0.4, -0.2) is 31.6 Å². The second-order valence-electron chi connectivity index (χ2n) is 5.31. The van der Waals surface area contributed by atoms with Crippen LogP contribution in [0.5, 0.6) is 0 Å². The Morgan fingerprint density at radius 2 is 2.42 bits per heavy atom. The molecule has 19 heavy (non-hydrogen) atoms. The SMILES string of the molecule is CC(C)c1noc([C@@H]2CCCN2Cc2ncc[nH]2)n1. The van der Waals surface area contributed by atoms with Crippen LogP contribution in [0.4, 0.5) is 0 Å². The van der Waals surface area contributed by atoms with Gasteiger partial charge >= 0.3 is 0 Å². The lowest BCUT2D eigenvalue weighted by Crippen LogP contribution is -2.23. The molecule has 6 nitrogen and oxygen atoms in total. The molecule has 102 valence electrons. The van der Waals surface area contributed by atoms with E-state index in [9.17, 15) is 0 Å². The highest BCUT2D eigenvalue weighted by atomic mass is 16.5. The first kappa shape index (κ1) is 12.3. The van der Waals surface area contributed by atoms with Crippen molar-refractivity contribution in [1.82, 2.24) is 25.0 Å². The summed E-state index contributed by atoms with van der Waals surface area (Å²) in [5, 5.41) is 4.06. The van der Waals surface area contributed by atoms with Crippen LogP contribution in [0.25, 0.3) is 0 Å². The second kappa shape index (κ2) is 5.13. The summed E-state index contributed by atoms with van der Waals surface area (Å²) in [5.74, 6) is 2.82. The lowest BCUT2D eigenvalue weighted by Gasteiger charge is -2.19. The van der Waals surface area contributed by atoms with Crippen molar-refractivity contribution in [3.05, 3.63) is 29.9 Å². The first-order valence-electron chi connectivity index (χ1n) is 6.80. The quantitative estimate of drug-likeness (QED) is 0.914. The van der Waals surface area contributed by atoms with Gasteiger partial charge in [-0.25, -0.2) is 4.98 Å². The van der Waals surface area contributed by atoms with Gasteiger partial charge in [0.15, 0.2) is 5.82 Å². The fourth-order valence-corrected chi connectivity index (χ4v) is 2.49. The molecule has 1 fully saturated rings. The topological polar surface area (TPSA) is 70.8 Å². The fourth-order valence-electron chi connectivity index (χ4n) is 2.49. The lowest BCUT2D eigenvalue weighted by atomic mass is 10.2. The number of rotatable bonds is 4. The Bertz CT molecular complexity index is 519. The van der Waals surface area contributed by atoms with Gasteiger partial charge in [0.1, 0.15) is 5.82 Å². The van der Waals surface area contributed by atoms with Crippen LogP contribution in [-0.2, 0) is 6.54 Å². The average molecular weight is 261 g/mol. The molecule has 3 rings (SSSR count). The van der Waals surface area contributed by atoms with E-state index in [1.807, 2.05) is 6.20 Å². The normalized spacial score (nSPS) is 20.5. The Labute approximate surface area is 112 Å². The molecule has 1 aliphatic rings. The molecule has 1 N–H and O–H groups in total. The minimum atomic E-state index is 0.227. The first-order chi connectivity index (χ1) is 9.24. The van der Waals surface area contributed by atoms with Crippen LogP contribution >= 0.6 is 0 Å². The molecule has 0 radical (unpaired) electrons. The van der Waals surface area contributed by atoms with E-state index in [2.05, 4.69) is 38.9 Å². The van der Waals surface area contributed by atoms with Crippen LogP contribution in [0.15, 0.2) is 16.9 Å². The Balaban J connectivity index is 1.74. The number of likely N-dealkylation sites (tertiary alicyclic amines) is 1. The van der Waals surface area contributed by atoms with Crippen molar-refractivity contribution in [2.75, 3.05) is 6.54 Å². The summed E-state index contributed by atoms with van der Waals surface area (Å²) in [6.07, 6.45) is 5.86. The van der Waals surface area contributed by atoms with E-state index in [-0.39, 0.29) is 6.04 Å². The molecular formula is C13H19N5O. The third kappa shape index (κ3) is 2.53. The zero-order valence-electron chi connectivity index (χ0n) is 11.3. The largest absolute Gasteiger partial charge is 0.348 e. The highest BCUT2D eigenvalue weighted by Crippen LogP contribution is 2.32. The predicted octanol–water partition coefficient (Wildman–Crippen LogP) is 2.25. The number of imidazole rings is 1. The number of nitrogens with one attached hydrogen (secondary N) is 1. The Morgan fingerprint density at radius 1 is 1.53 bits per heavy atom. The van der Waals surface area contributed by atoms with Gasteiger partial charge in [0.05, 0.1) is 12.6 Å². The molecule has 0 bridgehead atoms. The molecule has 0 aliphatic carbocycles. The Morgan fingerprint density at radius 3 is 3.11 bits per heavy atom. The Kier molecular flexibility index (Phi) is 3.33. The molecule has 2 aromatic heterocycles. The third-order valence-electron chi connectivity index (χ3n) is 3.53. The number of H-pyrrole nitrogens is 1. The molecule has 0 amide bonds. The molecular weight excluding hydrogens is 242 g/mol. The van der Waals surface area contributed by atoms with Gasteiger partial charge in [-0.1, -0.05) is 19.0 Å². The molecule has 0 spiro atoms. The predicted molar refractivity (Wildman–Crippen MR) is 69.4 cm³/mol. The molecule has 0 aromatic carbocycles. The zero-order chi connectivity index (χ0) is 13.2. The third-order valence-corrected chi connectivity index (χ3v) is 3.53. The molecule has 2 aromatic rings. The number of hydrogen-bond acceptors (Lipinski definition) is 5. The van der Waals surface area contributed by atoms with Crippen molar-refractivity contribution >= 4 is 0 Å². The van der Waals surface area contributed by atoms with E-state index in [0.717, 1.165) is 43.5 Å².